The molecule has 1 aliphatic rings. The lowest BCUT2D eigenvalue weighted by molar-refractivity contribution is 0.295. The predicted octanol–water partition coefficient (Wildman–Crippen LogP) is 1.08. The molecule has 1 N–H and O–H groups in total. The Morgan fingerprint density at radius 2 is 1.86 bits per heavy atom. The van der Waals surface area contributed by atoms with Crippen LogP contribution in [-0.2, 0) is 10.0 Å². The highest BCUT2D eigenvalue weighted by atomic mass is 32.2. The molecule has 0 aromatic heterocycles. The van der Waals surface area contributed by atoms with E-state index >= 15 is 0 Å². The summed E-state index contributed by atoms with van der Waals surface area (Å²) < 4.78 is 37.4. The minimum atomic E-state index is -3.58. The van der Waals surface area contributed by atoms with Crippen molar-refractivity contribution >= 4 is 10.0 Å². The molecule has 0 spiro atoms. The van der Waals surface area contributed by atoms with Gasteiger partial charge in [-0.2, -0.15) is 4.31 Å². The molecule has 0 aliphatic carbocycles. The molecule has 0 bridgehead atoms. The van der Waals surface area contributed by atoms with Crippen LogP contribution in [-0.4, -0.2) is 53.1 Å². The van der Waals surface area contributed by atoms with Crippen molar-refractivity contribution in [2.45, 2.75) is 23.8 Å². The van der Waals surface area contributed by atoms with Crippen molar-refractivity contribution in [3.05, 3.63) is 18.2 Å². The highest BCUT2D eigenvalue weighted by Crippen LogP contribution is 2.31. The molecule has 2 rings (SSSR count). The number of ether oxygens (including phenoxy) is 2. The molecule has 6 nitrogen and oxygen atoms in total. The summed E-state index contributed by atoms with van der Waals surface area (Å²) in [6.45, 7) is 1.68. The van der Waals surface area contributed by atoms with Gasteiger partial charge in [0.05, 0.1) is 14.2 Å². The molecule has 0 saturated carbocycles. The standard InChI is InChI=1S/C14H22N2O4S/c1-16(11-6-8-15-9-7-11)21(17,18)14-5-4-12(19-2)10-13(14)20-3/h4-5,10-11,15H,6-9H2,1-3H3. The third-order valence-electron chi connectivity index (χ3n) is 3.85. The van der Waals surface area contributed by atoms with Crippen LogP contribution in [0.5, 0.6) is 11.5 Å². The van der Waals surface area contributed by atoms with Crippen LogP contribution in [0, 0.1) is 0 Å². The first-order valence-electron chi connectivity index (χ1n) is 6.91. The van der Waals surface area contributed by atoms with Crippen LogP contribution < -0.4 is 14.8 Å². The van der Waals surface area contributed by atoms with Gasteiger partial charge in [0.1, 0.15) is 16.4 Å². The minimum Gasteiger partial charge on any atom is -0.497 e. The van der Waals surface area contributed by atoms with Gasteiger partial charge in [0.2, 0.25) is 10.0 Å². The maximum absolute atomic E-state index is 12.8. The van der Waals surface area contributed by atoms with E-state index in [2.05, 4.69) is 5.32 Å². The van der Waals surface area contributed by atoms with Gasteiger partial charge in [-0.25, -0.2) is 8.42 Å². The molecule has 7 heteroatoms. The summed E-state index contributed by atoms with van der Waals surface area (Å²) >= 11 is 0. The van der Waals surface area contributed by atoms with E-state index in [9.17, 15) is 8.42 Å². The predicted molar refractivity (Wildman–Crippen MR) is 80.4 cm³/mol. The molecule has 0 amide bonds. The van der Waals surface area contributed by atoms with E-state index in [0.29, 0.717) is 11.5 Å². The van der Waals surface area contributed by atoms with E-state index in [1.165, 1.54) is 24.6 Å². The second-order valence-electron chi connectivity index (χ2n) is 5.02. The molecule has 1 fully saturated rings. The first-order valence-corrected chi connectivity index (χ1v) is 8.35. The molecular weight excluding hydrogens is 292 g/mol. The fourth-order valence-corrected chi connectivity index (χ4v) is 4.06. The first kappa shape index (κ1) is 16.1. The summed E-state index contributed by atoms with van der Waals surface area (Å²) in [5, 5.41) is 3.24. The van der Waals surface area contributed by atoms with Crippen molar-refractivity contribution in [3.63, 3.8) is 0 Å². The number of rotatable bonds is 5. The number of nitrogens with one attached hydrogen (secondary N) is 1. The average molecular weight is 314 g/mol. The van der Waals surface area contributed by atoms with Crippen LogP contribution in [0.15, 0.2) is 23.1 Å². The molecular formula is C14H22N2O4S. The van der Waals surface area contributed by atoms with E-state index in [1.54, 1.807) is 19.2 Å². The molecule has 0 atom stereocenters. The summed E-state index contributed by atoms with van der Waals surface area (Å²) in [4.78, 5) is 0.173. The highest BCUT2D eigenvalue weighted by Gasteiger charge is 2.31. The van der Waals surface area contributed by atoms with Crippen molar-refractivity contribution in [2.24, 2.45) is 0 Å². The number of nitrogens with zero attached hydrogens (tertiary/aromatic N) is 1. The Labute approximate surface area is 126 Å². The third-order valence-corrected chi connectivity index (χ3v) is 5.80. The number of sulfonamides is 1. The molecule has 1 saturated heterocycles. The Morgan fingerprint density at radius 1 is 1.19 bits per heavy atom. The Balaban J connectivity index is 2.34. The number of benzene rings is 1. The molecule has 1 aliphatic heterocycles. The minimum absolute atomic E-state index is 0.0167. The fraction of sp³-hybridized carbons (Fsp3) is 0.571. The topological polar surface area (TPSA) is 67.9 Å². The zero-order valence-corrected chi connectivity index (χ0v) is 13.4. The monoisotopic (exact) mass is 314 g/mol. The van der Waals surface area contributed by atoms with Crippen molar-refractivity contribution in [3.8, 4) is 11.5 Å². The zero-order chi connectivity index (χ0) is 15.5. The van der Waals surface area contributed by atoms with Crippen molar-refractivity contribution in [1.82, 2.24) is 9.62 Å². The third kappa shape index (κ3) is 3.30. The Bertz CT molecular complexity index is 583. The van der Waals surface area contributed by atoms with Crippen molar-refractivity contribution in [1.29, 1.82) is 0 Å². The van der Waals surface area contributed by atoms with Gasteiger partial charge in [-0.3, -0.25) is 0 Å². The summed E-state index contributed by atoms with van der Waals surface area (Å²) in [6, 6.07) is 4.77. The van der Waals surface area contributed by atoms with Crippen LogP contribution in [0.25, 0.3) is 0 Å². The summed E-state index contributed by atoms with van der Waals surface area (Å²) in [6.07, 6.45) is 1.63. The number of hydrogen-bond donors (Lipinski definition) is 1. The molecule has 0 unspecified atom stereocenters. The van der Waals surface area contributed by atoms with Gasteiger partial charge in [0, 0.05) is 19.2 Å². The Kier molecular flexibility index (Phi) is 5.08. The van der Waals surface area contributed by atoms with Gasteiger partial charge in [-0.05, 0) is 38.1 Å². The summed E-state index contributed by atoms with van der Waals surface area (Å²) in [5.74, 6) is 0.866. The van der Waals surface area contributed by atoms with Crippen LogP contribution in [0.3, 0.4) is 0 Å². The van der Waals surface area contributed by atoms with Gasteiger partial charge < -0.3 is 14.8 Å². The lowest BCUT2D eigenvalue weighted by Crippen LogP contribution is -2.43. The lowest BCUT2D eigenvalue weighted by Gasteiger charge is -2.31. The second-order valence-corrected chi connectivity index (χ2v) is 6.99. The Hall–Kier alpha value is -1.31. The fourth-order valence-electron chi connectivity index (χ4n) is 2.51. The highest BCUT2D eigenvalue weighted by molar-refractivity contribution is 7.89. The lowest BCUT2D eigenvalue weighted by atomic mass is 10.1. The van der Waals surface area contributed by atoms with E-state index in [0.717, 1.165) is 25.9 Å². The van der Waals surface area contributed by atoms with Crippen LogP contribution >= 0.6 is 0 Å². The van der Waals surface area contributed by atoms with Gasteiger partial charge in [-0.1, -0.05) is 0 Å². The number of methoxy groups -OCH3 is 2. The summed E-state index contributed by atoms with van der Waals surface area (Å²) in [7, 11) is 1.04. The molecule has 0 radical (unpaired) electrons. The molecule has 118 valence electrons. The normalized spacial score (nSPS) is 17.0. The van der Waals surface area contributed by atoms with E-state index < -0.39 is 10.0 Å². The molecule has 1 aromatic carbocycles. The van der Waals surface area contributed by atoms with E-state index in [4.69, 9.17) is 9.47 Å². The molecule has 21 heavy (non-hydrogen) atoms. The van der Waals surface area contributed by atoms with Crippen molar-refractivity contribution in [2.75, 3.05) is 34.4 Å². The number of piperidine rings is 1. The largest absolute Gasteiger partial charge is 0.497 e. The average Bonchev–Trinajstić information content (AvgIpc) is 2.54. The summed E-state index contributed by atoms with van der Waals surface area (Å²) in [5.41, 5.74) is 0. The molecule has 1 heterocycles. The van der Waals surface area contributed by atoms with Gasteiger partial charge in [0.25, 0.3) is 0 Å². The SMILES string of the molecule is COc1ccc(S(=O)(=O)N(C)C2CCNCC2)c(OC)c1. The first-order chi connectivity index (χ1) is 10.0. The second kappa shape index (κ2) is 6.64. The quantitative estimate of drug-likeness (QED) is 0.881. The van der Waals surface area contributed by atoms with Gasteiger partial charge >= 0.3 is 0 Å². The maximum atomic E-state index is 12.8. The van der Waals surface area contributed by atoms with Crippen molar-refractivity contribution < 1.29 is 17.9 Å². The van der Waals surface area contributed by atoms with Crippen LogP contribution in [0.2, 0.25) is 0 Å². The smallest absolute Gasteiger partial charge is 0.246 e. The van der Waals surface area contributed by atoms with Gasteiger partial charge in [-0.15, -0.1) is 0 Å². The van der Waals surface area contributed by atoms with Crippen LogP contribution in [0.1, 0.15) is 12.8 Å². The van der Waals surface area contributed by atoms with E-state index in [-0.39, 0.29) is 10.9 Å². The maximum Gasteiger partial charge on any atom is 0.246 e. The molecule has 1 aromatic rings. The number of hydrogen-bond acceptors (Lipinski definition) is 5. The van der Waals surface area contributed by atoms with Gasteiger partial charge in [0.15, 0.2) is 0 Å². The van der Waals surface area contributed by atoms with Crippen LogP contribution in [0.4, 0.5) is 0 Å². The Morgan fingerprint density at radius 3 is 2.43 bits per heavy atom. The zero-order valence-electron chi connectivity index (χ0n) is 12.6. The van der Waals surface area contributed by atoms with E-state index in [1.807, 2.05) is 0 Å².